The third-order valence-corrected chi connectivity index (χ3v) is 4.70. The fourth-order valence-corrected chi connectivity index (χ4v) is 3.10. The highest BCUT2D eigenvalue weighted by Crippen LogP contribution is 2.22. The fourth-order valence-electron chi connectivity index (χ4n) is 1.68. The molecule has 0 atom stereocenters. The number of halogens is 1. The Morgan fingerprint density at radius 3 is 2.59 bits per heavy atom. The summed E-state index contributed by atoms with van der Waals surface area (Å²) < 4.78 is 28.3. The lowest BCUT2D eigenvalue weighted by Gasteiger charge is -2.08. The van der Waals surface area contributed by atoms with Gasteiger partial charge in [0.05, 0.1) is 20.0 Å². The Morgan fingerprint density at radius 1 is 1.27 bits per heavy atom. The van der Waals surface area contributed by atoms with Crippen molar-refractivity contribution in [2.45, 2.75) is 11.8 Å². The van der Waals surface area contributed by atoms with Crippen molar-refractivity contribution in [1.29, 1.82) is 0 Å². The molecule has 0 bridgehead atoms. The van der Waals surface area contributed by atoms with Gasteiger partial charge >= 0.3 is 0 Å². The van der Waals surface area contributed by atoms with E-state index >= 15 is 0 Å². The standard InChI is InChI=1S/C13H9BrN2O5S/c1-8-5-13(17)11(14)7-12(8)15-22(20,21)10-4-2-3-9(6-10)16(18)19/h2-7H,1H3/b15-12-. The molecule has 0 radical (unpaired) electrons. The Balaban J connectivity index is 2.50. The average molecular weight is 385 g/mol. The van der Waals surface area contributed by atoms with Crippen molar-refractivity contribution < 1.29 is 18.1 Å². The summed E-state index contributed by atoms with van der Waals surface area (Å²) in [7, 11) is -4.12. The summed E-state index contributed by atoms with van der Waals surface area (Å²) in [5, 5.41) is 10.7. The first kappa shape index (κ1) is 16.2. The van der Waals surface area contributed by atoms with E-state index in [1.165, 1.54) is 30.4 Å². The number of carbonyl (C=O) groups excluding carboxylic acids is 1. The second kappa shape index (κ2) is 5.93. The van der Waals surface area contributed by atoms with Gasteiger partial charge < -0.3 is 0 Å². The summed E-state index contributed by atoms with van der Waals surface area (Å²) in [5.74, 6) is -0.288. The number of benzene rings is 1. The highest BCUT2D eigenvalue weighted by Gasteiger charge is 2.20. The number of non-ortho nitro benzene ring substituents is 1. The van der Waals surface area contributed by atoms with Crippen LogP contribution in [0.1, 0.15) is 6.92 Å². The maximum absolute atomic E-state index is 12.2. The lowest BCUT2D eigenvalue weighted by Crippen LogP contribution is -2.11. The topological polar surface area (TPSA) is 107 Å². The molecule has 1 aromatic rings. The second-order valence-electron chi connectivity index (χ2n) is 4.39. The molecule has 1 aliphatic carbocycles. The minimum atomic E-state index is -4.12. The molecule has 22 heavy (non-hydrogen) atoms. The van der Waals surface area contributed by atoms with Gasteiger partial charge in [-0.05, 0) is 46.6 Å². The van der Waals surface area contributed by atoms with E-state index in [1.807, 2.05) is 0 Å². The molecule has 0 spiro atoms. The lowest BCUT2D eigenvalue weighted by molar-refractivity contribution is -0.385. The van der Waals surface area contributed by atoms with Crippen LogP contribution in [0.3, 0.4) is 0 Å². The van der Waals surface area contributed by atoms with Gasteiger partial charge in [-0.1, -0.05) is 6.07 Å². The van der Waals surface area contributed by atoms with E-state index in [9.17, 15) is 23.3 Å². The summed E-state index contributed by atoms with van der Waals surface area (Å²) in [6.07, 6.45) is 2.55. The lowest BCUT2D eigenvalue weighted by atomic mass is 10.1. The van der Waals surface area contributed by atoms with E-state index in [-0.39, 0.29) is 26.6 Å². The van der Waals surface area contributed by atoms with Gasteiger partial charge in [0, 0.05) is 12.1 Å². The second-order valence-corrected chi connectivity index (χ2v) is 6.85. The van der Waals surface area contributed by atoms with Crippen LogP contribution >= 0.6 is 15.9 Å². The molecule has 114 valence electrons. The Bertz CT molecular complexity index is 868. The van der Waals surface area contributed by atoms with Crippen LogP contribution in [0.5, 0.6) is 0 Å². The molecular weight excluding hydrogens is 376 g/mol. The van der Waals surface area contributed by atoms with E-state index in [1.54, 1.807) is 6.92 Å². The number of allylic oxidation sites excluding steroid dienone is 4. The highest BCUT2D eigenvalue weighted by molar-refractivity contribution is 9.12. The van der Waals surface area contributed by atoms with Crippen LogP contribution < -0.4 is 0 Å². The van der Waals surface area contributed by atoms with E-state index in [2.05, 4.69) is 20.3 Å². The van der Waals surface area contributed by atoms with Crippen LogP contribution in [0.15, 0.2) is 55.8 Å². The zero-order chi connectivity index (χ0) is 16.5. The van der Waals surface area contributed by atoms with Gasteiger partial charge in [-0.15, -0.1) is 0 Å². The van der Waals surface area contributed by atoms with Crippen molar-refractivity contribution in [3.05, 3.63) is 56.6 Å². The molecule has 0 fully saturated rings. The summed E-state index contributed by atoms with van der Waals surface area (Å²) in [4.78, 5) is 21.2. The molecule has 1 aliphatic rings. The number of nitro benzene ring substituents is 1. The van der Waals surface area contributed by atoms with E-state index < -0.39 is 14.9 Å². The van der Waals surface area contributed by atoms with Crippen molar-refractivity contribution >= 4 is 43.1 Å². The number of nitrogens with zero attached hydrogens (tertiary/aromatic N) is 2. The fraction of sp³-hybridized carbons (Fsp3) is 0.0769. The number of sulfonamides is 1. The monoisotopic (exact) mass is 384 g/mol. The Labute approximate surface area is 134 Å². The minimum Gasteiger partial charge on any atom is -0.289 e. The summed E-state index contributed by atoms with van der Waals surface area (Å²) in [6.45, 7) is 1.55. The smallest absolute Gasteiger partial charge is 0.283 e. The third-order valence-electron chi connectivity index (χ3n) is 2.80. The van der Waals surface area contributed by atoms with Crippen molar-refractivity contribution in [2.24, 2.45) is 4.40 Å². The Morgan fingerprint density at radius 2 is 1.95 bits per heavy atom. The van der Waals surface area contributed by atoms with Crippen molar-refractivity contribution in [2.75, 3.05) is 0 Å². The van der Waals surface area contributed by atoms with Crippen LogP contribution in [-0.2, 0) is 14.8 Å². The normalized spacial score (nSPS) is 17.2. The predicted molar refractivity (Wildman–Crippen MR) is 83.5 cm³/mol. The van der Waals surface area contributed by atoms with Crippen molar-refractivity contribution in [3.63, 3.8) is 0 Å². The largest absolute Gasteiger partial charge is 0.289 e. The molecule has 0 N–H and O–H groups in total. The number of hydrogen-bond acceptors (Lipinski definition) is 5. The molecule has 0 saturated carbocycles. The molecule has 1 aromatic carbocycles. The van der Waals surface area contributed by atoms with Crippen molar-refractivity contribution in [3.8, 4) is 0 Å². The van der Waals surface area contributed by atoms with Gasteiger partial charge in [0.25, 0.3) is 15.7 Å². The van der Waals surface area contributed by atoms with E-state index in [4.69, 9.17) is 0 Å². The van der Waals surface area contributed by atoms with Gasteiger partial charge in [0.15, 0.2) is 5.78 Å². The summed E-state index contributed by atoms with van der Waals surface area (Å²) in [6, 6.07) is 4.61. The molecule has 0 aliphatic heterocycles. The quantitative estimate of drug-likeness (QED) is 0.452. The first-order valence-corrected chi connectivity index (χ1v) is 8.13. The minimum absolute atomic E-state index is 0.0954. The zero-order valence-electron chi connectivity index (χ0n) is 11.2. The highest BCUT2D eigenvalue weighted by atomic mass is 79.9. The Kier molecular flexibility index (Phi) is 4.38. The molecule has 2 rings (SSSR count). The molecule has 0 saturated heterocycles. The van der Waals surface area contributed by atoms with Gasteiger partial charge in [-0.3, -0.25) is 14.9 Å². The molecule has 0 heterocycles. The van der Waals surface area contributed by atoms with Crippen LogP contribution in [0.4, 0.5) is 5.69 Å². The molecular formula is C13H9BrN2O5S. The summed E-state index contributed by atoms with van der Waals surface area (Å²) >= 11 is 3.02. The molecule has 0 aromatic heterocycles. The molecule has 0 unspecified atom stereocenters. The first-order chi connectivity index (χ1) is 10.2. The van der Waals surface area contributed by atoms with Gasteiger partial charge in [-0.25, -0.2) is 0 Å². The van der Waals surface area contributed by atoms with Gasteiger partial charge in [0.1, 0.15) is 0 Å². The van der Waals surface area contributed by atoms with E-state index in [0.717, 1.165) is 6.07 Å². The van der Waals surface area contributed by atoms with Gasteiger partial charge in [-0.2, -0.15) is 12.8 Å². The number of rotatable bonds is 3. The van der Waals surface area contributed by atoms with Crippen LogP contribution in [0.2, 0.25) is 0 Å². The Hall–Kier alpha value is -2.13. The molecule has 9 heteroatoms. The van der Waals surface area contributed by atoms with Gasteiger partial charge in [0.2, 0.25) is 0 Å². The maximum Gasteiger partial charge on any atom is 0.283 e. The van der Waals surface area contributed by atoms with Crippen LogP contribution in [-0.4, -0.2) is 24.8 Å². The SMILES string of the molecule is CC1=CC(=O)C(Br)=C/C1=N/S(=O)(=O)c1cccc([N+](=O)[O-])c1. The number of nitro groups is 1. The number of ketones is 1. The number of hydrogen-bond donors (Lipinski definition) is 0. The number of carbonyl (C=O) groups is 1. The molecule has 7 nitrogen and oxygen atoms in total. The molecule has 0 amide bonds. The first-order valence-electron chi connectivity index (χ1n) is 5.90. The zero-order valence-corrected chi connectivity index (χ0v) is 13.6. The van der Waals surface area contributed by atoms with Crippen LogP contribution in [0.25, 0.3) is 0 Å². The van der Waals surface area contributed by atoms with Crippen LogP contribution in [0, 0.1) is 10.1 Å². The maximum atomic E-state index is 12.2. The summed E-state index contributed by atoms with van der Waals surface area (Å²) in [5.41, 5.74) is 0.143. The predicted octanol–water partition coefficient (Wildman–Crippen LogP) is 2.53. The van der Waals surface area contributed by atoms with Crippen molar-refractivity contribution in [1.82, 2.24) is 0 Å². The van der Waals surface area contributed by atoms with E-state index in [0.29, 0.717) is 5.57 Å². The third kappa shape index (κ3) is 3.37. The average Bonchev–Trinajstić information content (AvgIpc) is 2.44.